The number of nitrogens with one attached hydrogen (secondary N) is 2. The van der Waals surface area contributed by atoms with Crippen molar-refractivity contribution in [3.63, 3.8) is 0 Å². The maximum Gasteiger partial charge on any atom is 0.249 e. The van der Waals surface area contributed by atoms with E-state index in [0.717, 1.165) is 5.69 Å². The topological polar surface area (TPSA) is 61.4 Å². The van der Waals surface area contributed by atoms with E-state index in [0.29, 0.717) is 13.0 Å². The van der Waals surface area contributed by atoms with Crippen LogP contribution in [0, 0.1) is 0 Å². The van der Waals surface area contributed by atoms with Crippen molar-refractivity contribution in [1.29, 1.82) is 0 Å². The molecule has 0 bridgehead atoms. The molecule has 1 heterocycles. The van der Waals surface area contributed by atoms with Gasteiger partial charge in [0.25, 0.3) is 0 Å². The normalized spacial score (nSPS) is 18.1. The van der Waals surface area contributed by atoms with Gasteiger partial charge >= 0.3 is 0 Å². The standard InChI is InChI=1S/C13H17N3O2.ClH/c1-14-9-12(17)15-11-7-8-16(13(11)18)10-5-3-2-4-6-10;/h2-6,11,14H,7-9H2,1H3,(H,15,17);1H. The molecule has 6 heteroatoms. The van der Waals surface area contributed by atoms with Gasteiger partial charge in [-0.1, -0.05) is 18.2 Å². The molecule has 0 aliphatic carbocycles. The lowest BCUT2D eigenvalue weighted by molar-refractivity contribution is -0.125. The first-order chi connectivity index (χ1) is 8.72. The Hall–Kier alpha value is -1.59. The number of carbonyl (C=O) groups excluding carboxylic acids is 2. The van der Waals surface area contributed by atoms with E-state index in [-0.39, 0.29) is 30.8 Å². The summed E-state index contributed by atoms with van der Waals surface area (Å²) in [6.07, 6.45) is 0.656. The van der Waals surface area contributed by atoms with E-state index < -0.39 is 6.04 Å². The summed E-state index contributed by atoms with van der Waals surface area (Å²) in [6, 6.07) is 9.11. The highest BCUT2D eigenvalue weighted by molar-refractivity contribution is 6.01. The van der Waals surface area contributed by atoms with Crippen molar-refractivity contribution in [3.8, 4) is 0 Å². The van der Waals surface area contributed by atoms with E-state index in [9.17, 15) is 9.59 Å². The maximum absolute atomic E-state index is 12.1. The first kappa shape index (κ1) is 15.5. The van der Waals surface area contributed by atoms with Crippen molar-refractivity contribution in [2.75, 3.05) is 25.0 Å². The average molecular weight is 284 g/mol. The van der Waals surface area contributed by atoms with Crippen LogP contribution in [0.1, 0.15) is 6.42 Å². The highest BCUT2D eigenvalue weighted by atomic mass is 35.5. The fourth-order valence-electron chi connectivity index (χ4n) is 2.08. The molecule has 2 rings (SSSR count). The summed E-state index contributed by atoms with van der Waals surface area (Å²) < 4.78 is 0. The number of benzene rings is 1. The summed E-state index contributed by atoms with van der Waals surface area (Å²) in [7, 11) is 1.70. The average Bonchev–Trinajstić information content (AvgIpc) is 2.72. The van der Waals surface area contributed by atoms with E-state index in [1.807, 2.05) is 30.3 Å². The van der Waals surface area contributed by atoms with Crippen LogP contribution < -0.4 is 15.5 Å². The van der Waals surface area contributed by atoms with Crippen LogP contribution in [0.4, 0.5) is 5.69 Å². The molecule has 1 fully saturated rings. The fourth-order valence-corrected chi connectivity index (χ4v) is 2.08. The van der Waals surface area contributed by atoms with Gasteiger partial charge in [-0.3, -0.25) is 9.59 Å². The predicted molar refractivity (Wildman–Crippen MR) is 76.5 cm³/mol. The number of rotatable bonds is 4. The van der Waals surface area contributed by atoms with Crippen LogP contribution in [-0.2, 0) is 9.59 Å². The van der Waals surface area contributed by atoms with Gasteiger partial charge in [-0.05, 0) is 25.6 Å². The lowest BCUT2D eigenvalue weighted by Crippen LogP contribution is -2.44. The van der Waals surface area contributed by atoms with Crippen LogP contribution in [0.5, 0.6) is 0 Å². The maximum atomic E-state index is 12.1. The molecule has 1 aliphatic rings. The first-order valence-electron chi connectivity index (χ1n) is 6.03. The Morgan fingerprint density at radius 2 is 2.05 bits per heavy atom. The Morgan fingerprint density at radius 1 is 1.37 bits per heavy atom. The molecule has 0 saturated carbocycles. The van der Waals surface area contributed by atoms with E-state index >= 15 is 0 Å². The minimum atomic E-state index is -0.397. The third kappa shape index (κ3) is 3.68. The molecule has 1 saturated heterocycles. The summed E-state index contributed by atoms with van der Waals surface area (Å²) in [5.41, 5.74) is 0.882. The zero-order valence-corrected chi connectivity index (χ0v) is 11.6. The van der Waals surface area contributed by atoms with Crippen molar-refractivity contribution in [1.82, 2.24) is 10.6 Å². The van der Waals surface area contributed by atoms with Gasteiger partial charge in [0.05, 0.1) is 6.54 Å². The summed E-state index contributed by atoms with van der Waals surface area (Å²) in [6.45, 7) is 0.877. The van der Waals surface area contributed by atoms with Gasteiger partial charge in [-0.15, -0.1) is 12.4 Å². The van der Waals surface area contributed by atoms with Crippen molar-refractivity contribution in [2.45, 2.75) is 12.5 Å². The van der Waals surface area contributed by atoms with Gasteiger partial charge < -0.3 is 15.5 Å². The Bertz CT molecular complexity index is 439. The molecule has 0 radical (unpaired) electrons. The molecule has 1 aliphatic heterocycles. The highest BCUT2D eigenvalue weighted by Gasteiger charge is 2.33. The van der Waals surface area contributed by atoms with Gasteiger partial charge in [-0.2, -0.15) is 0 Å². The summed E-state index contributed by atoms with van der Waals surface area (Å²) >= 11 is 0. The molecule has 104 valence electrons. The van der Waals surface area contributed by atoms with E-state index in [1.165, 1.54) is 0 Å². The van der Waals surface area contributed by atoms with Crippen molar-refractivity contribution >= 4 is 29.9 Å². The van der Waals surface area contributed by atoms with E-state index in [1.54, 1.807) is 11.9 Å². The van der Waals surface area contributed by atoms with E-state index in [2.05, 4.69) is 10.6 Å². The number of amides is 2. The molecule has 2 amide bonds. The highest BCUT2D eigenvalue weighted by Crippen LogP contribution is 2.20. The van der Waals surface area contributed by atoms with Crippen LogP contribution in [-0.4, -0.2) is 38.0 Å². The molecule has 19 heavy (non-hydrogen) atoms. The summed E-state index contributed by atoms with van der Waals surface area (Å²) in [4.78, 5) is 25.3. The lowest BCUT2D eigenvalue weighted by Gasteiger charge is -2.17. The number of likely N-dealkylation sites (N-methyl/N-ethyl adjacent to an activating group) is 1. The molecule has 1 aromatic carbocycles. The second-order valence-corrected chi connectivity index (χ2v) is 4.26. The smallest absolute Gasteiger partial charge is 0.249 e. The molecule has 0 aromatic heterocycles. The number of nitrogens with zero attached hydrogens (tertiary/aromatic N) is 1. The van der Waals surface area contributed by atoms with Crippen LogP contribution in [0.15, 0.2) is 30.3 Å². The number of hydrogen-bond donors (Lipinski definition) is 2. The number of anilines is 1. The number of para-hydroxylation sites is 1. The van der Waals surface area contributed by atoms with E-state index in [4.69, 9.17) is 0 Å². The Morgan fingerprint density at radius 3 is 2.68 bits per heavy atom. The van der Waals surface area contributed by atoms with Crippen LogP contribution in [0.2, 0.25) is 0 Å². The minimum Gasteiger partial charge on any atom is -0.343 e. The summed E-state index contributed by atoms with van der Waals surface area (Å²) in [5.74, 6) is -0.184. The zero-order chi connectivity index (χ0) is 13.0. The third-order valence-electron chi connectivity index (χ3n) is 2.95. The van der Waals surface area contributed by atoms with Gasteiger partial charge in [0.2, 0.25) is 11.8 Å². The number of carbonyl (C=O) groups is 2. The second kappa shape index (κ2) is 7.11. The Kier molecular flexibility index (Phi) is 5.79. The fraction of sp³-hybridized carbons (Fsp3) is 0.385. The van der Waals surface area contributed by atoms with Crippen LogP contribution >= 0.6 is 12.4 Å². The Balaban J connectivity index is 0.00000180. The molecule has 1 unspecified atom stereocenters. The summed E-state index contributed by atoms with van der Waals surface area (Å²) in [5, 5.41) is 5.50. The van der Waals surface area contributed by atoms with Crippen molar-refractivity contribution in [3.05, 3.63) is 30.3 Å². The van der Waals surface area contributed by atoms with Gasteiger partial charge in [0, 0.05) is 12.2 Å². The van der Waals surface area contributed by atoms with Gasteiger partial charge in [0.15, 0.2) is 0 Å². The van der Waals surface area contributed by atoms with Gasteiger partial charge in [0.1, 0.15) is 6.04 Å². The van der Waals surface area contributed by atoms with Crippen LogP contribution in [0.25, 0.3) is 0 Å². The molecule has 2 N–H and O–H groups in total. The zero-order valence-electron chi connectivity index (χ0n) is 10.8. The number of hydrogen-bond acceptors (Lipinski definition) is 3. The van der Waals surface area contributed by atoms with Crippen molar-refractivity contribution in [2.24, 2.45) is 0 Å². The predicted octanol–water partition coefficient (Wildman–Crippen LogP) is 0.549. The first-order valence-corrected chi connectivity index (χ1v) is 6.03. The SMILES string of the molecule is CNCC(=O)NC1CCN(c2ccccc2)C1=O.Cl. The largest absolute Gasteiger partial charge is 0.343 e. The third-order valence-corrected chi connectivity index (χ3v) is 2.95. The lowest BCUT2D eigenvalue weighted by atomic mass is 10.2. The molecular weight excluding hydrogens is 266 g/mol. The number of halogens is 1. The molecule has 5 nitrogen and oxygen atoms in total. The molecule has 1 atom stereocenters. The molecule has 1 aromatic rings. The molecule has 0 spiro atoms. The Labute approximate surface area is 118 Å². The van der Waals surface area contributed by atoms with Crippen LogP contribution in [0.3, 0.4) is 0 Å². The molecular formula is C13H18ClN3O2. The quantitative estimate of drug-likeness (QED) is 0.848. The second-order valence-electron chi connectivity index (χ2n) is 4.26. The van der Waals surface area contributed by atoms with Gasteiger partial charge in [-0.25, -0.2) is 0 Å². The minimum absolute atomic E-state index is 0. The monoisotopic (exact) mass is 283 g/mol. The van der Waals surface area contributed by atoms with Crippen molar-refractivity contribution < 1.29 is 9.59 Å².